The Morgan fingerprint density at radius 1 is 1.29 bits per heavy atom. The first-order valence-corrected chi connectivity index (χ1v) is 8.52. The normalized spacial score (nSPS) is 18.6. The number of rotatable bonds is 5. The predicted molar refractivity (Wildman–Crippen MR) is 96.0 cm³/mol. The maximum Gasteiger partial charge on any atom is 0.254 e. The quantitative estimate of drug-likeness (QED) is 0.766. The highest BCUT2D eigenvalue weighted by Gasteiger charge is 2.32. The van der Waals surface area contributed by atoms with Gasteiger partial charge in [0.1, 0.15) is 5.66 Å². The van der Waals surface area contributed by atoms with Gasteiger partial charge in [-0.2, -0.15) is 0 Å². The number of nitrogens with one attached hydrogen (secondary N) is 1. The van der Waals surface area contributed by atoms with Crippen molar-refractivity contribution >= 4 is 12.2 Å². The van der Waals surface area contributed by atoms with Crippen LogP contribution in [-0.4, -0.2) is 39.4 Å². The topological polar surface area (TPSA) is 77.8 Å². The van der Waals surface area contributed by atoms with Gasteiger partial charge in [0.25, 0.3) is 5.91 Å². The summed E-state index contributed by atoms with van der Waals surface area (Å²) in [5, 5.41) is 12.0. The van der Waals surface area contributed by atoms with Gasteiger partial charge in [0, 0.05) is 12.7 Å². The zero-order chi connectivity index (χ0) is 20.5. The molecule has 9 heteroatoms. The lowest BCUT2D eigenvalue weighted by molar-refractivity contribution is 0.0905. The lowest BCUT2D eigenvalue weighted by atomic mass is 10.1. The molecule has 0 saturated carbocycles. The fourth-order valence-corrected chi connectivity index (χ4v) is 3.00. The van der Waals surface area contributed by atoms with E-state index in [9.17, 15) is 18.0 Å². The Morgan fingerprint density at radius 3 is 2.57 bits per heavy atom. The maximum atomic E-state index is 13.4. The largest absolute Gasteiger partial charge is 0.390 e. The number of hydrogen-bond donors (Lipinski definition) is 2. The summed E-state index contributed by atoms with van der Waals surface area (Å²) < 4.78 is 39.8. The Hall–Kier alpha value is -2.94. The number of aliphatic imine (C=N–C) groups is 1. The van der Waals surface area contributed by atoms with E-state index in [1.54, 1.807) is 24.8 Å². The summed E-state index contributed by atoms with van der Waals surface area (Å²) in [5.74, 6) is -4.40. The van der Waals surface area contributed by atoms with Crippen LogP contribution in [0.25, 0.3) is 0 Å². The van der Waals surface area contributed by atoms with E-state index < -0.39 is 23.1 Å². The molecule has 0 fully saturated rings. The van der Waals surface area contributed by atoms with Crippen LogP contribution >= 0.6 is 0 Å². The lowest BCUT2D eigenvalue weighted by Crippen LogP contribution is -2.48. The van der Waals surface area contributed by atoms with Crippen molar-refractivity contribution in [3.8, 4) is 0 Å². The smallest absolute Gasteiger partial charge is 0.254 e. The van der Waals surface area contributed by atoms with Crippen LogP contribution in [0.3, 0.4) is 0 Å². The number of aliphatic hydroxyl groups is 1. The Labute approximate surface area is 159 Å². The third-order valence-electron chi connectivity index (χ3n) is 4.43. The van der Waals surface area contributed by atoms with Gasteiger partial charge in [-0.05, 0) is 43.2 Å². The van der Waals surface area contributed by atoms with E-state index in [0.717, 1.165) is 12.1 Å². The average molecular weight is 392 g/mol. The zero-order valence-electron chi connectivity index (χ0n) is 15.3. The molecule has 0 spiro atoms. The molecule has 28 heavy (non-hydrogen) atoms. The first kappa shape index (κ1) is 19.8. The molecule has 1 aliphatic rings. The van der Waals surface area contributed by atoms with Gasteiger partial charge in [-0.25, -0.2) is 18.2 Å². The van der Waals surface area contributed by atoms with Crippen LogP contribution in [0.5, 0.6) is 0 Å². The Balaban J connectivity index is 1.66. The summed E-state index contributed by atoms with van der Waals surface area (Å²) >= 11 is 0. The number of aromatic nitrogens is 1. The number of nitrogens with zero attached hydrogens (tertiary/aromatic N) is 3. The number of carbonyl (C=O) groups is 1. The highest BCUT2D eigenvalue weighted by Crippen LogP contribution is 2.20. The van der Waals surface area contributed by atoms with E-state index in [0.29, 0.717) is 16.8 Å². The van der Waals surface area contributed by atoms with E-state index in [4.69, 9.17) is 5.11 Å². The molecule has 148 valence electrons. The van der Waals surface area contributed by atoms with Gasteiger partial charge < -0.3 is 15.3 Å². The van der Waals surface area contributed by atoms with E-state index in [1.165, 1.54) is 12.5 Å². The third-order valence-corrected chi connectivity index (χ3v) is 4.43. The Morgan fingerprint density at radius 2 is 1.96 bits per heavy atom. The molecule has 1 aliphatic heterocycles. The summed E-state index contributed by atoms with van der Waals surface area (Å²) in [6.07, 6.45) is 2.84. The molecule has 3 rings (SSSR count). The number of aliphatic hydroxyl groups excluding tert-OH is 1. The van der Waals surface area contributed by atoms with Crippen LogP contribution in [0.2, 0.25) is 0 Å². The molecule has 2 N–H and O–H groups in total. The van der Waals surface area contributed by atoms with Crippen molar-refractivity contribution in [3.05, 3.63) is 64.2 Å². The number of amides is 1. The number of benzene rings is 1. The molecular formula is C19H19F3N4O2. The van der Waals surface area contributed by atoms with Crippen LogP contribution in [0.1, 0.15) is 34.1 Å². The average Bonchev–Trinajstić information content (AvgIpc) is 2.99. The van der Waals surface area contributed by atoms with Crippen molar-refractivity contribution in [2.24, 2.45) is 4.99 Å². The highest BCUT2D eigenvalue weighted by molar-refractivity contribution is 5.94. The Kier molecular flexibility index (Phi) is 5.37. The molecule has 0 aliphatic carbocycles. The summed E-state index contributed by atoms with van der Waals surface area (Å²) in [6, 6.07) is 3.48. The fourth-order valence-electron chi connectivity index (χ4n) is 3.00. The van der Waals surface area contributed by atoms with Gasteiger partial charge in [-0.3, -0.25) is 9.78 Å². The van der Waals surface area contributed by atoms with Crippen LogP contribution < -0.4 is 5.32 Å². The Bertz CT molecular complexity index is 928. The van der Waals surface area contributed by atoms with Crippen molar-refractivity contribution < 1.29 is 23.1 Å². The minimum atomic E-state index is -1.51. The molecule has 1 aromatic carbocycles. The molecule has 2 heterocycles. The van der Waals surface area contributed by atoms with Crippen molar-refractivity contribution in [2.75, 3.05) is 6.54 Å². The molecule has 1 unspecified atom stereocenters. The number of carbonyl (C=O) groups excluding carboxylic acids is 1. The fraction of sp³-hybridized carbons (Fsp3) is 0.316. The predicted octanol–water partition coefficient (Wildman–Crippen LogP) is 2.29. The maximum absolute atomic E-state index is 13.4. The van der Waals surface area contributed by atoms with Crippen molar-refractivity contribution in [2.45, 2.75) is 32.7 Å². The number of halogens is 3. The first-order valence-electron chi connectivity index (χ1n) is 8.52. The first-order chi connectivity index (χ1) is 13.2. The number of pyridine rings is 1. The monoisotopic (exact) mass is 392 g/mol. The van der Waals surface area contributed by atoms with E-state index in [-0.39, 0.29) is 31.2 Å². The summed E-state index contributed by atoms with van der Waals surface area (Å²) in [7, 11) is 0. The molecule has 6 nitrogen and oxygen atoms in total. The summed E-state index contributed by atoms with van der Waals surface area (Å²) in [5.41, 5.74) is 0.812. The van der Waals surface area contributed by atoms with Crippen molar-refractivity contribution in [1.29, 1.82) is 0 Å². The molecule has 0 bridgehead atoms. The SMILES string of the molecule is Cc1cc(C(=O)NC2(C)CN(Cc3cc(F)c(F)c(F)c3)C=N2)cnc1CO. The van der Waals surface area contributed by atoms with Gasteiger partial charge in [0.15, 0.2) is 17.5 Å². The van der Waals surface area contributed by atoms with Gasteiger partial charge >= 0.3 is 0 Å². The van der Waals surface area contributed by atoms with Crippen molar-refractivity contribution in [3.63, 3.8) is 0 Å². The molecule has 0 radical (unpaired) electrons. The lowest BCUT2D eigenvalue weighted by Gasteiger charge is -2.25. The minimum Gasteiger partial charge on any atom is -0.390 e. The van der Waals surface area contributed by atoms with Crippen LogP contribution in [0.15, 0.2) is 29.4 Å². The van der Waals surface area contributed by atoms with Crippen LogP contribution in [0, 0.1) is 24.4 Å². The minimum absolute atomic E-state index is 0.106. The number of aryl methyl sites for hydroxylation is 1. The highest BCUT2D eigenvalue weighted by atomic mass is 19.2. The number of hydrogen-bond acceptors (Lipinski definition) is 5. The van der Waals surface area contributed by atoms with Gasteiger partial charge in [0.2, 0.25) is 0 Å². The second-order valence-electron chi connectivity index (χ2n) is 6.90. The van der Waals surface area contributed by atoms with Crippen LogP contribution in [0.4, 0.5) is 13.2 Å². The summed E-state index contributed by atoms with van der Waals surface area (Å²) in [4.78, 5) is 22.5. The van der Waals surface area contributed by atoms with Gasteiger partial charge in [-0.1, -0.05) is 0 Å². The molecular weight excluding hydrogens is 373 g/mol. The van der Waals surface area contributed by atoms with Gasteiger partial charge in [-0.15, -0.1) is 0 Å². The second kappa shape index (κ2) is 7.59. The molecule has 1 amide bonds. The van der Waals surface area contributed by atoms with Crippen molar-refractivity contribution in [1.82, 2.24) is 15.2 Å². The summed E-state index contributed by atoms with van der Waals surface area (Å²) in [6.45, 7) is 3.60. The second-order valence-corrected chi connectivity index (χ2v) is 6.90. The van der Waals surface area contributed by atoms with E-state index in [2.05, 4.69) is 15.3 Å². The van der Waals surface area contributed by atoms with E-state index in [1.807, 2.05) is 0 Å². The molecule has 1 aromatic heterocycles. The van der Waals surface area contributed by atoms with E-state index >= 15 is 0 Å². The van der Waals surface area contributed by atoms with Crippen LogP contribution in [-0.2, 0) is 13.2 Å². The molecule has 0 saturated heterocycles. The van der Waals surface area contributed by atoms with Gasteiger partial charge in [0.05, 0.1) is 30.7 Å². The molecule has 1 atom stereocenters. The molecule has 2 aromatic rings. The zero-order valence-corrected chi connectivity index (χ0v) is 15.3. The third kappa shape index (κ3) is 4.14. The standard InChI is InChI=1S/C19H19F3N4O2/c1-11-3-13(6-23-16(11)8-27)18(28)25-19(2)9-26(10-24-19)7-12-4-14(20)17(22)15(21)5-12/h3-6,10,27H,7-9H2,1-2H3,(H,25,28).